The van der Waals surface area contributed by atoms with Crippen LogP contribution in [0, 0.1) is 0 Å². The molecule has 1 saturated heterocycles. The fraction of sp³-hybridized carbons (Fsp3) is 0.250. The Morgan fingerprint density at radius 1 is 1.08 bits per heavy atom. The normalized spacial score (nSPS) is 19.1. The number of fused-ring (bicyclic) bond motifs is 1. The van der Waals surface area contributed by atoms with E-state index in [1.165, 1.54) is 4.31 Å². The number of pyridine rings is 1. The zero-order chi connectivity index (χ0) is 16.7. The highest BCUT2D eigenvalue weighted by atomic mass is 79.9. The molecule has 3 aromatic rings. The van der Waals surface area contributed by atoms with Crippen LogP contribution in [0.3, 0.4) is 0 Å². The third-order valence-electron chi connectivity index (χ3n) is 4.27. The summed E-state index contributed by atoms with van der Waals surface area (Å²) >= 11 is 3.35. The Bertz CT molecular complexity index is 1000. The van der Waals surface area contributed by atoms with Crippen LogP contribution in [0.2, 0.25) is 0 Å². The van der Waals surface area contributed by atoms with E-state index in [9.17, 15) is 8.42 Å². The number of aromatic nitrogens is 3. The van der Waals surface area contributed by atoms with Crippen LogP contribution in [0.15, 0.2) is 58.0 Å². The summed E-state index contributed by atoms with van der Waals surface area (Å²) in [5.74, 6) is 0.665. The molecule has 1 aliphatic heterocycles. The van der Waals surface area contributed by atoms with Crippen LogP contribution in [0.5, 0.6) is 0 Å². The first-order valence-corrected chi connectivity index (χ1v) is 9.88. The van der Waals surface area contributed by atoms with E-state index >= 15 is 0 Å². The van der Waals surface area contributed by atoms with Crippen LogP contribution in [0.4, 0.5) is 0 Å². The van der Waals surface area contributed by atoms with Crippen molar-refractivity contribution in [2.24, 2.45) is 0 Å². The van der Waals surface area contributed by atoms with Crippen molar-refractivity contribution >= 4 is 31.6 Å². The van der Waals surface area contributed by atoms with Gasteiger partial charge in [-0.1, -0.05) is 18.2 Å². The molecule has 1 aromatic carbocycles. The second kappa shape index (κ2) is 5.94. The Labute approximate surface area is 148 Å². The van der Waals surface area contributed by atoms with E-state index in [2.05, 4.69) is 26.1 Å². The largest absolute Gasteiger partial charge is 0.285 e. The van der Waals surface area contributed by atoms with E-state index in [1.54, 1.807) is 24.3 Å². The second-order valence-corrected chi connectivity index (χ2v) is 8.40. The summed E-state index contributed by atoms with van der Waals surface area (Å²) < 4.78 is 30.2. The molecule has 124 valence electrons. The summed E-state index contributed by atoms with van der Waals surface area (Å²) in [4.78, 5) is 0.283. The molecule has 24 heavy (non-hydrogen) atoms. The monoisotopic (exact) mass is 406 g/mol. The van der Waals surface area contributed by atoms with Gasteiger partial charge in [0.1, 0.15) is 0 Å². The summed E-state index contributed by atoms with van der Waals surface area (Å²) in [6.45, 7) is 0.482. The van der Waals surface area contributed by atoms with E-state index < -0.39 is 10.0 Å². The molecule has 1 aliphatic rings. The van der Waals surface area contributed by atoms with Crippen molar-refractivity contribution in [1.29, 1.82) is 0 Å². The Morgan fingerprint density at radius 3 is 2.71 bits per heavy atom. The summed E-state index contributed by atoms with van der Waals surface area (Å²) in [6.07, 6.45) is 3.40. The van der Waals surface area contributed by atoms with Gasteiger partial charge in [-0.3, -0.25) is 4.40 Å². The Balaban J connectivity index is 1.80. The number of hydrogen-bond donors (Lipinski definition) is 0. The first-order valence-electron chi connectivity index (χ1n) is 7.65. The first kappa shape index (κ1) is 15.7. The van der Waals surface area contributed by atoms with Gasteiger partial charge in [0.25, 0.3) is 0 Å². The quantitative estimate of drug-likeness (QED) is 0.670. The smallest absolute Gasteiger partial charge is 0.244 e. The molecular formula is C16H15BrN4O2S. The minimum Gasteiger partial charge on any atom is -0.285 e. The van der Waals surface area contributed by atoms with E-state index in [4.69, 9.17) is 0 Å². The maximum Gasteiger partial charge on any atom is 0.244 e. The lowest BCUT2D eigenvalue weighted by atomic mass is 10.2. The minimum atomic E-state index is -3.61. The molecule has 0 spiro atoms. The first-order chi connectivity index (χ1) is 11.6. The highest BCUT2D eigenvalue weighted by molar-refractivity contribution is 9.10. The van der Waals surface area contributed by atoms with Crippen LogP contribution in [-0.2, 0) is 10.0 Å². The Morgan fingerprint density at radius 2 is 1.88 bits per heavy atom. The summed E-state index contributed by atoms with van der Waals surface area (Å²) in [5.41, 5.74) is 0.720. The van der Waals surface area contributed by atoms with Crippen LogP contribution < -0.4 is 0 Å². The van der Waals surface area contributed by atoms with Gasteiger partial charge in [0, 0.05) is 17.2 Å². The van der Waals surface area contributed by atoms with Crippen LogP contribution in [0.1, 0.15) is 24.7 Å². The van der Waals surface area contributed by atoms with Crippen molar-refractivity contribution in [3.05, 3.63) is 59.0 Å². The van der Waals surface area contributed by atoms with Gasteiger partial charge in [0.2, 0.25) is 10.0 Å². The molecule has 0 amide bonds. The van der Waals surface area contributed by atoms with E-state index in [0.717, 1.165) is 18.5 Å². The molecular weight excluding hydrogens is 392 g/mol. The Hall–Kier alpha value is -1.77. The number of nitrogens with zero attached hydrogens (tertiary/aromatic N) is 4. The standard InChI is InChI=1S/C16H15BrN4O2S/c17-12-6-1-2-8-14(12)24(22,23)21-11-5-7-13(21)16-19-18-15-9-3-4-10-20(15)16/h1-4,6,8-10,13H,5,7,11H2/t13-/m0/s1. The number of benzene rings is 1. The topological polar surface area (TPSA) is 67.6 Å². The average Bonchev–Trinajstić information content (AvgIpc) is 3.21. The zero-order valence-electron chi connectivity index (χ0n) is 12.7. The summed E-state index contributed by atoms with van der Waals surface area (Å²) in [5, 5.41) is 8.40. The van der Waals surface area contributed by atoms with Crippen molar-refractivity contribution < 1.29 is 8.42 Å². The van der Waals surface area contributed by atoms with Gasteiger partial charge >= 0.3 is 0 Å². The lowest BCUT2D eigenvalue weighted by Crippen LogP contribution is -2.31. The number of rotatable bonds is 3. The fourth-order valence-electron chi connectivity index (χ4n) is 3.15. The molecule has 4 rings (SSSR count). The summed E-state index contributed by atoms with van der Waals surface area (Å²) in [6, 6.07) is 12.2. The van der Waals surface area contributed by atoms with Crippen molar-refractivity contribution in [2.75, 3.05) is 6.54 Å². The summed E-state index contributed by atoms with van der Waals surface area (Å²) in [7, 11) is -3.61. The molecule has 0 unspecified atom stereocenters. The van der Waals surface area contributed by atoms with Crippen molar-refractivity contribution in [1.82, 2.24) is 18.9 Å². The Kier molecular flexibility index (Phi) is 3.90. The molecule has 2 aromatic heterocycles. The number of sulfonamides is 1. The molecule has 0 bridgehead atoms. The minimum absolute atomic E-state index is 0.283. The SMILES string of the molecule is O=S(=O)(c1ccccc1Br)N1CCC[C@H]1c1nnc2ccccn12. The third-order valence-corrected chi connectivity index (χ3v) is 7.19. The van der Waals surface area contributed by atoms with Crippen molar-refractivity contribution in [2.45, 2.75) is 23.8 Å². The lowest BCUT2D eigenvalue weighted by Gasteiger charge is -2.23. The van der Waals surface area contributed by atoms with Crippen LogP contribution in [-0.4, -0.2) is 33.9 Å². The van der Waals surface area contributed by atoms with Gasteiger partial charge in [-0.05, 0) is 53.0 Å². The predicted molar refractivity (Wildman–Crippen MR) is 93.0 cm³/mol. The van der Waals surface area contributed by atoms with E-state index in [-0.39, 0.29) is 10.9 Å². The molecule has 0 aliphatic carbocycles. The average molecular weight is 407 g/mol. The fourth-order valence-corrected chi connectivity index (χ4v) is 5.77. The molecule has 0 saturated carbocycles. The zero-order valence-corrected chi connectivity index (χ0v) is 15.1. The molecule has 6 nitrogen and oxygen atoms in total. The molecule has 3 heterocycles. The highest BCUT2D eigenvalue weighted by Gasteiger charge is 2.39. The number of halogens is 1. The maximum atomic E-state index is 13.1. The van der Waals surface area contributed by atoms with Gasteiger partial charge in [-0.2, -0.15) is 4.31 Å². The van der Waals surface area contributed by atoms with Crippen molar-refractivity contribution in [3.63, 3.8) is 0 Å². The lowest BCUT2D eigenvalue weighted by molar-refractivity contribution is 0.381. The van der Waals surface area contributed by atoms with Crippen molar-refractivity contribution in [3.8, 4) is 0 Å². The van der Waals surface area contributed by atoms with Crippen LogP contribution >= 0.6 is 15.9 Å². The predicted octanol–water partition coefficient (Wildman–Crippen LogP) is 3.02. The molecule has 0 N–H and O–H groups in total. The molecule has 1 fully saturated rings. The van der Waals surface area contributed by atoms with Gasteiger partial charge in [0.15, 0.2) is 11.5 Å². The molecule has 1 atom stereocenters. The second-order valence-electron chi connectivity index (χ2n) is 5.69. The van der Waals surface area contributed by atoms with Crippen LogP contribution in [0.25, 0.3) is 5.65 Å². The third kappa shape index (κ3) is 2.45. The van der Waals surface area contributed by atoms with E-state index in [1.807, 2.05) is 28.8 Å². The van der Waals surface area contributed by atoms with Gasteiger partial charge < -0.3 is 0 Å². The number of hydrogen-bond acceptors (Lipinski definition) is 4. The van der Waals surface area contributed by atoms with Gasteiger partial charge in [-0.15, -0.1) is 10.2 Å². The van der Waals surface area contributed by atoms with E-state index in [0.29, 0.717) is 16.8 Å². The molecule has 8 heteroatoms. The molecule has 0 radical (unpaired) electrons. The van der Waals surface area contributed by atoms with Gasteiger partial charge in [-0.25, -0.2) is 8.42 Å². The van der Waals surface area contributed by atoms with Gasteiger partial charge in [0.05, 0.1) is 10.9 Å². The highest BCUT2D eigenvalue weighted by Crippen LogP contribution is 2.37. The maximum absolute atomic E-state index is 13.1.